The number of rotatable bonds is 5. The summed E-state index contributed by atoms with van der Waals surface area (Å²) in [5.74, 6) is 0. The van der Waals surface area contributed by atoms with Crippen LogP contribution in [0.1, 0.15) is 19.4 Å². The van der Waals surface area contributed by atoms with Crippen LogP contribution in [0.5, 0.6) is 0 Å². The van der Waals surface area contributed by atoms with Crippen LogP contribution in [0.15, 0.2) is 60.7 Å². The van der Waals surface area contributed by atoms with Gasteiger partial charge in [0.2, 0.25) is 0 Å². The summed E-state index contributed by atoms with van der Waals surface area (Å²) in [6.07, 6.45) is 0. The molecule has 0 aromatic heterocycles. The minimum Gasteiger partial charge on any atom is -0.870 e. The molecule has 0 aliphatic heterocycles. The van der Waals surface area contributed by atoms with Gasteiger partial charge in [0.05, 0.1) is 13.1 Å². The molecule has 2 aromatic rings. The molecule has 2 rings (SSSR count). The number of hydrogen-bond donors (Lipinski definition) is 0. The number of nitrogens with zero attached hydrogens (tertiary/aromatic N) is 1. The lowest BCUT2D eigenvalue weighted by atomic mass is 10.1. The lowest BCUT2D eigenvalue weighted by molar-refractivity contribution is 0.292. The zero-order chi connectivity index (χ0) is 12.8. The van der Waals surface area contributed by atoms with Gasteiger partial charge in [-0.1, -0.05) is 48.5 Å². The first-order valence-electron chi connectivity index (χ1n) is 6.76. The van der Waals surface area contributed by atoms with Gasteiger partial charge in [0.15, 0.2) is 0 Å². The number of benzene rings is 2. The van der Waals surface area contributed by atoms with E-state index < -0.39 is 0 Å². The molecule has 0 saturated heterocycles. The van der Waals surface area contributed by atoms with Crippen LogP contribution in [0.25, 0.3) is 0 Å². The molecule has 2 aromatic carbocycles. The van der Waals surface area contributed by atoms with Crippen molar-refractivity contribution in [2.75, 3.05) is 13.1 Å². The van der Waals surface area contributed by atoms with Crippen LogP contribution >= 0.6 is 0 Å². The maximum absolute atomic E-state index is 2.28. The molecule has 2 nitrogen and oxygen atoms in total. The van der Waals surface area contributed by atoms with Crippen molar-refractivity contribution in [3.63, 3.8) is 0 Å². The average Bonchev–Trinajstić information content (AvgIpc) is 2.47. The summed E-state index contributed by atoms with van der Waals surface area (Å²) < 4.78 is 1.02. The van der Waals surface area contributed by atoms with Gasteiger partial charge in [-0.3, -0.25) is 4.48 Å². The van der Waals surface area contributed by atoms with Crippen LogP contribution in [0.3, 0.4) is 0 Å². The third-order valence-electron chi connectivity index (χ3n) is 3.84. The normalized spacial score (nSPS) is 10.8. The summed E-state index contributed by atoms with van der Waals surface area (Å²) >= 11 is 0. The largest absolute Gasteiger partial charge is 0.870 e. The van der Waals surface area contributed by atoms with Crippen molar-refractivity contribution in [1.29, 1.82) is 0 Å². The van der Waals surface area contributed by atoms with Crippen LogP contribution in [0.2, 0.25) is 0 Å². The van der Waals surface area contributed by atoms with Crippen LogP contribution in [0.4, 0.5) is 5.69 Å². The molecule has 0 fully saturated rings. The Kier molecular flexibility index (Phi) is 5.74. The van der Waals surface area contributed by atoms with Crippen LogP contribution in [-0.2, 0) is 6.54 Å². The van der Waals surface area contributed by atoms with Crippen molar-refractivity contribution in [3.8, 4) is 0 Å². The topological polar surface area (TPSA) is 30.0 Å². The predicted molar refractivity (Wildman–Crippen MR) is 81.4 cm³/mol. The highest BCUT2D eigenvalue weighted by atomic mass is 16.0. The Morgan fingerprint density at radius 1 is 0.737 bits per heavy atom. The van der Waals surface area contributed by atoms with Crippen LogP contribution in [0, 0.1) is 0 Å². The van der Waals surface area contributed by atoms with Gasteiger partial charge in [-0.25, -0.2) is 0 Å². The van der Waals surface area contributed by atoms with Crippen molar-refractivity contribution in [2.24, 2.45) is 0 Å². The van der Waals surface area contributed by atoms with Gasteiger partial charge in [-0.2, -0.15) is 0 Å². The van der Waals surface area contributed by atoms with E-state index in [1.165, 1.54) is 11.3 Å². The van der Waals surface area contributed by atoms with Gasteiger partial charge in [0.25, 0.3) is 0 Å². The second-order valence-electron chi connectivity index (χ2n) is 4.76. The second-order valence-corrected chi connectivity index (χ2v) is 4.76. The lowest BCUT2D eigenvalue weighted by Crippen LogP contribution is -2.48. The summed E-state index contributed by atoms with van der Waals surface area (Å²) in [5.41, 5.74) is 2.82. The molecule has 0 amide bonds. The number of quaternary nitrogens is 1. The van der Waals surface area contributed by atoms with E-state index in [9.17, 15) is 0 Å². The Morgan fingerprint density at radius 2 is 1.21 bits per heavy atom. The van der Waals surface area contributed by atoms with Crippen molar-refractivity contribution in [1.82, 2.24) is 4.48 Å². The quantitative estimate of drug-likeness (QED) is 0.743. The summed E-state index contributed by atoms with van der Waals surface area (Å²) in [6.45, 7) is 7.86. The molecule has 0 saturated carbocycles. The maximum Gasteiger partial charge on any atom is 0.133 e. The van der Waals surface area contributed by atoms with Gasteiger partial charge >= 0.3 is 0 Å². The minimum atomic E-state index is 0. The van der Waals surface area contributed by atoms with Gasteiger partial charge in [-0.05, 0) is 26.0 Å². The zero-order valence-electron chi connectivity index (χ0n) is 11.8. The first-order valence-corrected chi connectivity index (χ1v) is 6.76. The maximum atomic E-state index is 2.28. The molecular weight excluding hydrogens is 234 g/mol. The molecule has 0 heterocycles. The lowest BCUT2D eigenvalue weighted by Gasteiger charge is -2.36. The first-order chi connectivity index (χ1) is 8.80. The molecule has 0 aliphatic rings. The SMILES string of the molecule is CC[N+](CC)(Cc1ccccc1)c1ccccc1.[OH-]. The van der Waals surface area contributed by atoms with E-state index in [0.717, 1.165) is 24.1 Å². The molecule has 19 heavy (non-hydrogen) atoms. The molecule has 0 aliphatic carbocycles. The van der Waals surface area contributed by atoms with Crippen molar-refractivity contribution in [3.05, 3.63) is 66.2 Å². The molecular formula is C17H23NO. The Hall–Kier alpha value is -1.64. The van der Waals surface area contributed by atoms with E-state index in [-0.39, 0.29) is 5.48 Å². The summed E-state index contributed by atoms with van der Waals surface area (Å²) in [5, 5.41) is 0. The second kappa shape index (κ2) is 7.07. The van der Waals surface area contributed by atoms with Crippen LogP contribution in [-0.4, -0.2) is 18.6 Å². The third-order valence-corrected chi connectivity index (χ3v) is 3.84. The summed E-state index contributed by atoms with van der Waals surface area (Å²) in [7, 11) is 0. The summed E-state index contributed by atoms with van der Waals surface area (Å²) in [4.78, 5) is 0. The van der Waals surface area contributed by atoms with E-state index in [4.69, 9.17) is 0 Å². The van der Waals surface area contributed by atoms with Gasteiger partial charge in [-0.15, -0.1) is 0 Å². The van der Waals surface area contributed by atoms with E-state index in [1.54, 1.807) is 0 Å². The fraction of sp³-hybridized carbons (Fsp3) is 0.294. The fourth-order valence-electron chi connectivity index (χ4n) is 2.58. The number of para-hydroxylation sites is 1. The Bertz CT molecular complexity index is 463. The average molecular weight is 257 g/mol. The molecule has 0 unspecified atom stereocenters. The molecule has 0 atom stereocenters. The first kappa shape index (κ1) is 15.4. The molecule has 1 N–H and O–H groups in total. The highest BCUT2D eigenvalue weighted by molar-refractivity contribution is 5.43. The Labute approximate surface area is 116 Å². The minimum absolute atomic E-state index is 0. The Balaban J connectivity index is 0.00000180. The van der Waals surface area contributed by atoms with E-state index in [1.807, 2.05) is 0 Å². The molecule has 2 heteroatoms. The van der Waals surface area contributed by atoms with Gasteiger partial charge in [0.1, 0.15) is 12.2 Å². The van der Waals surface area contributed by atoms with Crippen LogP contribution < -0.4 is 4.48 Å². The van der Waals surface area contributed by atoms with Crippen molar-refractivity contribution >= 4 is 5.69 Å². The van der Waals surface area contributed by atoms with Crippen molar-refractivity contribution < 1.29 is 5.48 Å². The fourth-order valence-corrected chi connectivity index (χ4v) is 2.58. The van der Waals surface area contributed by atoms with Gasteiger partial charge < -0.3 is 5.48 Å². The van der Waals surface area contributed by atoms with E-state index in [2.05, 4.69) is 74.5 Å². The molecule has 0 spiro atoms. The van der Waals surface area contributed by atoms with E-state index >= 15 is 0 Å². The third kappa shape index (κ3) is 3.43. The molecule has 0 bridgehead atoms. The van der Waals surface area contributed by atoms with Crippen molar-refractivity contribution in [2.45, 2.75) is 20.4 Å². The Morgan fingerprint density at radius 3 is 1.68 bits per heavy atom. The highest BCUT2D eigenvalue weighted by Gasteiger charge is 2.26. The van der Waals surface area contributed by atoms with Gasteiger partial charge in [0, 0.05) is 5.56 Å². The van der Waals surface area contributed by atoms with E-state index in [0.29, 0.717) is 0 Å². The standard InChI is InChI=1S/C17H22N.H2O/c1-3-18(4-2,17-13-9-6-10-14-17)15-16-11-7-5-8-12-16;/h5-14H,3-4,15H2,1-2H3;1H2/q+1;/p-1. The molecule has 102 valence electrons. The summed E-state index contributed by atoms with van der Waals surface area (Å²) in [6, 6.07) is 21.6. The monoisotopic (exact) mass is 257 g/mol. The molecule has 0 radical (unpaired) electrons. The number of hydrogen-bond acceptors (Lipinski definition) is 1. The smallest absolute Gasteiger partial charge is 0.133 e. The zero-order valence-corrected chi connectivity index (χ0v) is 11.8. The highest BCUT2D eigenvalue weighted by Crippen LogP contribution is 2.25. The predicted octanol–water partition coefficient (Wildman–Crippen LogP) is 4.06.